The van der Waals surface area contributed by atoms with Gasteiger partial charge in [0.15, 0.2) is 0 Å². The highest BCUT2D eigenvalue weighted by Gasteiger charge is 2.02. The fourth-order valence-corrected chi connectivity index (χ4v) is 1.11. The average Bonchev–Trinajstić information content (AvgIpc) is 2.17. The molecule has 1 aromatic carbocycles. The Morgan fingerprint density at radius 3 is 2.23 bits per heavy atom. The van der Waals surface area contributed by atoms with Crippen molar-refractivity contribution in [2.24, 2.45) is 5.73 Å². The van der Waals surface area contributed by atoms with Crippen molar-refractivity contribution < 1.29 is 5.11 Å². The Morgan fingerprint density at radius 1 is 1.31 bits per heavy atom. The van der Waals surface area contributed by atoms with Gasteiger partial charge in [0.1, 0.15) is 0 Å². The molecule has 0 bridgehead atoms. The van der Waals surface area contributed by atoms with Gasteiger partial charge in [0.25, 0.3) is 0 Å². The first-order valence-electron chi connectivity index (χ1n) is 4.23. The molecule has 0 aliphatic heterocycles. The molecule has 0 heterocycles. The molecule has 2 nitrogen and oxygen atoms in total. The zero-order valence-electron chi connectivity index (χ0n) is 7.73. The van der Waals surface area contributed by atoms with E-state index in [2.05, 4.69) is 6.92 Å². The highest BCUT2D eigenvalue weighted by atomic mass is 35.5. The smallest absolute Gasteiger partial charge is 0.0624 e. The molecule has 1 rings (SSSR count). The van der Waals surface area contributed by atoms with Crippen molar-refractivity contribution in [2.45, 2.75) is 19.4 Å². The Morgan fingerprint density at radius 2 is 1.85 bits per heavy atom. The minimum atomic E-state index is -0.240. The van der Waals surface area contributed by atoms with Gasteiger partial charge in [-0.05, 0) is 17.5 Å². The standard InChI is InChI=1S/C10H15NO.ClH/c1-2-8-3-5-9(6-4-8)10(11)7-12;/h3-6,10,12H,2,7,11H2,1H3;1H/t10-;/m1./s1. The molecule has 13 heavy (non-hydrogen) atoms. The van der Waals surface area contributed by atoms with E-state index in [9.17, 15) is 0 Å². The van der Waals surface area contributed by atoms with Crippen molar-refractivity contribution in [3.63, 3.8) is 0 Å². The lowest BCUT2D eigenvalue weighted by Crippen LogP contribution is -2.14. The molecule has 0 aliphatic rings. The minimum absolute atomic E-state index is 0. The quantitative estimate of drug-likeness (QED) is 0.782. The van der Waals surface area contributed by atoms with E-state index in [0.717, 1.165) is 12.0 Å². The second-order valence-corrected chi connectivity index (χ2v) is 2.88. The maximum Gasteiger partial charge on any atom is 0.0624 e. The van der Waals surface area contributed by atoms with Gasteiger partial charge in [-0.25, -0.2) is 0 Å². The van der Waals surface area contributed by atoms with Crippen LogP contribution in [0, 0.1) is 0 Å². The highest BCUT2D eigenvalue weighted by Crippen LogP contribution is 2.10. The van der Waals surface area contributed by atoms with E-state index < -0.39 is 0 Å². The maximum absolute atomic E-state index is 8.79. The van der Waals surface area contributed by atoms with Gasteiger partial charge in [0, 0.05) is 0 Å². The van der Waals surface area contributed by atoms with Crippen LogP contribution in [0.5, 0.6) is 0 Å². The molecule has 1 aromatic rings. The van der Waals surface area contributed by atoms with Crippen molar-refractivity contribution in [1.82, 2.24) is 0 Å². The summed E-state index contributed by atoms with van der Waals surface area (Å²) in [5.41, 5.74) is 7.93. The van der Waals surface area contributed by atoms with E-state index in [1.165, 1.54) is 5.56 Å². The van der Waals surface area contributed by atoms with Crippen molar-refractivity contribution in [3.05, 3.63) is 35.4 Å². The zero-order valence-corrected chi connectivity index (χ0v) is 8.55. The van der Waals surface area contributed by atoms with Crippen LogP contribution in [0.15, 0.2) is 24.3 Å². The Bertz CT molecular complexity index is 235. The van der Waals surface area contributed by atoms with Gasteiger partial charge in [-0.3, -0.25) is 0 Å². The Kier molecular flexibility index (Phi) is 5.71. The predicted octanol–water partition coefficient (Wildman–Crippen LogP) is 1.66. The van der Waals surface area contributed by atoms with Crippen molar-refractivity contribution in [2.75, 3.05) is 6.61 Å². The summed E-state index contributed by atoms with van der Waals surface area (Å²) in [6, 6.07) is 7.80. The van der Waals surface area contributed by atoms with E-state index in [1.54, 1.807) is 0 Å². The molecular weight excluding hydrogens is 186 g/mol. The summed E-state index contributed by atoms with van der Waals surface area (Å²) in [5, 5.41) is 8.79. The topological polar surface area (TPSA) is 46.2 Å². The van der Waals surface area contributed by atoms with Crippen LogP contribution in [0.4, 0.5) is 0 Å². The van der Waals surface area contributed by atoms with E-state index in [0.29, 0.717) is 0 Å². The van der Waals surface area contributed by atoms with Gasteiger partial charge in [0.05, 0.1) is 12.6 Å². The van der Waals surface area contributed by atoms with Crippen molar-refractivity contribution >= 4 is 12.4 Å². The second kappa shape index (κ2) is 5.97. The summed E-state index contributed by atoms with van der Waals surface area (Å²) in [6.45, 7) is 2.12. The number of rotatable bonds is 3. The second-order valence-electron chi connectivity index (χ2n) is 2.88. The number of hydrogen-bond donors (Lipinski definition) is 2. The third kappa shape index (κ3) is 3.35. The Labute approximate surface area is 85.2 Å². The molecule has 0 amide bonds. The van der Waals surface area contributed by atoms with Crippen molar-refractivity contribution in [1.29, 1.82) is 0 Å². The van der Waals surface area contributed by atoms with E-state index in [4.69, 9.17) is 10.8 Å². The zero-order chi connectivity index (χ0) is 8.97. The predicted molar refractivity (Wildman–Crippen MR) is 57.1 cm³/mol. The summed E-state index contributed by atoms with van der Waals surface area (Å²) in [7, 11) is 0. The molecule has 1 atom stereocenters. The van der Waals surface area contributed by atoms with Crippen LogP contribution < -0.4 is 5.73 Å². The first-order chi connectivity index (χ1) is 5.77. The molecule has 0 saturated heterocycles. The molecule has 0 unspecified atom stereocenters. The normalized spacial score (nSPS) is 11.9. The van der Waals surface area contributed by atoms with E-state index >= 15 is 0 Å². The number of aliphatic hydroxyl groups is 1. The van der Waals surface area contributed by atoms with Gasteiger partial charge in [-0.2, -0.15) is 0 Å². The molecule has 74 valence electrons. The van der Waals surface area contributed by atoms with Gasteiger partial charge in [0.2, 0.25) is 0 Å². The highest BCUT2D eigenvalue weighted by molar-refractivity contribution is 5.85. The van der Waals surface area contributed by atoms with Gasteiger partial charge < -0.3 is 10.8 Å². The third-order valence-corrected chi connectivity index (χ3v) is 2.01. The van der Waals surface area contributed by atoms with Crippen LogP contribution >= 0.6 is 12.4 Å². The van der Waals surface area contributed by atoms with Gasteiger partial charge >= 0.3 is 0 Å². The number of aryl methyl sites for hydroxylation is 1. The van der Waals surface area contributed by atoms with E-state index in [-0.39, 0.29) is 25.1 Å². The molecule has 0 saturated carbocycles. The van der Waals surface area contributed by atoms with Crippen LogP contribution in [-0.2, 0) is 6.42 Å². The third-order valence-electron chi connectivity index (χ3n) is 2.01. The lowest BCUT2D eigenvalue weighted by atomic mass is 10.1. The molecule has 0 fully saturated rings. The first-order valence-corrected chi connectivity index (χ1v) is 4.23. The lowest BCUT2D eigenvalue weighted by Gasteiger charge is -2.08. The molecular formula is C10H16ClNO. The maximum atomic E-state index is 8.79. The van der Waals surface area contributed by atoms with Crippen LogP contribution in [0.25, 0.3) is 0 Å². The fraction of sp³-hybridized carbons (Fsp3) is 0.400. The van der Waals surface area contributed by atoms with E-state index in [1.807, 2.05) is 24.3 Å². The summed E-state index contributed by atoms with van der Waals surface area (Å²) < 4.78 is 0. The van der Waals surface area contributed by atoms with Gasteiger partial charge in [-0.15, -0.1) is 12.4 Å². The summed E-state index contributed by atoms with van der Waals surface area (Å²) >= 11 is 0. The number of benzene rings is 1. The number of nitrogens with two attached hydrogens (primary N) is 1. The molecule has 0 aliphatic carbocycles. The average molecular weight is 202 g/mol. The largest absolute Gasteiger partial charge is 0.394 e. The molecule has 0 aromatic heterocycles. The van der Waals surface area contributed by atoms with Crippen molar-refractivity contribution in [3.8, 4) is 0 Å². The lowest BCUT2D eigenvalue weighted by molar-refractivity contribution is 0.268. The first kappa shape index (κ1) is 12.4. The Balaban J connectivity index is 0.00000144. The summed E-state index contributed by atoms with van der Waals surface area (Å²) in [5.74, 6) is 0. The SMILES string of the molecule is CCc1ccc([C@H](N)CO)cc1.Cl. The molecule has 0 spiro atoms. The van der Waals surface area contributed by atoms with Crippen LogP contribution in [-0.4, -0.2) is 11.7 Å². The monoisotopic (exact) mass is 201 g/mol. The minimum Gasteiger partial charge on any atom is -0.394 e. The van der Waals surface area contributed by atoms with Crippen LogP contribution in [0.2, 0.25) is 0 Å². The summed E-state index contributed by atoms with van der Waals surface area (Å²) in [6.07, 6.45) is 1.04. The Hall–Kier alpha value is -0.570. The molecule has 0 radical (unpaired) electrons. The van der Waals surface area contributed by atoms with Crippen LogP contribution in [0.1, 0.15) is 24.1 Å². The number of hydrogen-bond acceptors (Lipinski definition) is 2. The fourth-order valence-electron chi connectivity index (χ4n) is 1.11. The molecule has 3 N–H and O–H groups in total. The van der Waals surface area contributed by atoms with Gasteiger partial charge in [-0.1, -0.05) is 31.2 Å². The molecule has 3 heteroatoms. The van der Waals surface area contributed by atoms with Crippen LogP contribution in [0.3, 0.4) is 0 Å². The summed E-state index contributed by atoms with van der Waals surface area (Å²) in [4.78, 5) is 0. The number of halogens is 1. The number of aliphatic hydroxyl groups excluding tert-OH is 1.